The number of carboxylic acids is 3. The number of aliphatic carboxylic acids is 3. The standard InChI is InChI=1S/C11H14ClNO2.C4H4O4/c1-3-10(11(14)15)13(2)9-6-4-8(12)5-7-9;5-3(6)1-2-4(7)8/h4-7,10H,3H2,1-2H3,(H,14,15);1-2H,(H,5,6)(H,7,8). The molecule has 1 aromatic carbocycles. The van der Waals surface area contributed by atoms with Gasteiger partial charge in [-0.2, -0.15) is 0 Å². The van der Waals surface area contributed by atoms with Gasteiger partial charge in [0.1, 0.15) is 6.04 Å². The van der Waals surface area contributed by atoms with Crippen LogP contribution in [-0.4, -0.2) is 46.3 Å². The largest absolute Gasteiger partial charge is 0.480 e. The van der Waals surface area contributed by atoms with Crippen molar-refractivity contribution in [2.24, 2.45) is 0 Å². The first-order chi connectivity index (χ1) is 10.7. The molecule has 23 heavy (non-hydrogen) atoms. The van der Waals surface area contributed by atoms with Gasteiger partial charge in [0, 0.05) is 29.9 Å². The Morgan fingerprint density at radius 3 is 1.83 bits per heavy atom. The van der Waals surface area contributed by atoms with E-state index in [-0.39, 0.29) is 0 Å². The van der Waals surface area contributed by atoms with E-state index in [1.807, 2.05) is 19.1 Å². The molecule has 0 aromatic heterocycles. The van der Waals surface area contributed by atoms with Gasteiger partial charge in [-0.3, -0.25) is 0 Å². The fraction of sp³-hybridized carbons (Fsp3) is 0.267. The number of anilines is 1. The summed E-state index contributed by atoms with van der Waals surface area (Å²) in [4.78, 5) is 31.8. The van der Waals surface area contributed by atoms with Gasteiger partial charge in [-0.05, 0) is 30.7 Å². The molecule has 1 rings (SSSR count). The van der Waals surface area contributed by atoms with Gasteiger partial charge in [0.25, 0.3) is 0 Å². The van der Waals surface area contributed by atoms with Crippen LogP contribution < -0.4 is 4.90 Å². The van der Waals surface area contributed by atoms with Crippen molar-refractivity contribution < 1.29 is 29.7 Å². The van der Waals surface area contributed by atoms with Crippen LogP contribution in [0.3, 0.4) is 0 Å². The van der Waals surface area contributed by atoms with Crippen LogP contribution in [0.15, 0.2) is 36.4 Å². The Labute approximate surface area is 138 Å². The summed E-state index contributed by atoms with van der Waals surface area (Å²) in [6, 6.07) is 6.64. The normalized spacial score (nSPS) is 11.3. The summed E-state index contributed by atoms with van der Waals surface area (Å²) in [7, 11) is 1.77. The number of likely N-dealkylation sites (N-methyl/N-ethyl adjacent to an activating group) is 1. The van der Waals surface area contributed by atoms with Gasteiger partial charge in [0.05, 0.1) is 0 Å². The summed E-state index contributed by atoms with van der Waals surface area (Å²) in [6.07, 6.45) is 1.68. The molecule has 0 amide bonds. The molecule has 0 aliphatic carbocycles. The molecule has 0 bridgehead atoms. The molecule has 0 fully saturated rings. The third-order valence-electron chi connectivity index (χ3n) is 2.74. The summed E-state index contributed by atoms with van der Waals surface area (Å²) < 4.78 is 0. The number of hydrogen-bond acceptors (Lipinski definition) is 4. The van der Waals surface area contributed by atoms with Crippen LogP contribution in [0.2, 0.25) is 5.02 Å². The van der Waals surface area contributed by atoms with Crippen LogP contribution in [0.4, 0.5) is 5.69 Å². The molecule has 0 heterocycles. The van der Waals surface area contributed by atoms with E-state index in [9.17, 15) is 14.4 Å². The van der Waals surface area contributed by atoms with Crippen molar-refractivity contribution in [2.45, 2.75) is 19.4 Å². The summed E-state index contributed by atoms with van der Waals surface area (Å²) in [6.45, 7) is 1.85. The number of rotatable bonds is 6. The van der Waals surface area contributed by atoms with Gasteiger partial charge in [-0.25, -0.2) is 14.4 Å². The summed E-state index contributed by atoms with van der Waals surface area (Å²) in [5, 5.41) is 25.3. The molecule has 8 heteroatoms. The molecule has 0 saturated carbocycles. The number of nitrogens with zero attached hydrogens (tertiary/aromatic N) is 1. The second-order valence-corrected chi connectivity index (χ2v) is 4.80. The minimum Gasteiger partial charge on any atom is -0.480 e. The van der Waals surface area contributed by atoms with Crippen molar-refractivity contribution in [3.05, 3.63) is 41.4 Å². The van der Waals surface area contributed by atoms with Crippen molar-refractivity contribution in [1.82, 2.24) is 0 Å². The van der Waals surface area contributed by atoms with Crippen molar-refractivity contribution in [3.63, 3.8) is 0 Å². The minimum absolute atomic E-state index is 0.494. The lowest BCUT2D eigenvalue weighted by Gasteiger charge is -2.25. The number of benzene rings is 1. The molecule has 7 nitrogen and oxygen atoms in total. The fourth-order valence-corrected chi connectivity index (χ4v) is 1.74. The number of carboxylic acid groups (broad SMARTS) is 3. The monoisotopic (exact) mass is 343 g/mol. The van der Waals surface area contributed by atoms with E-state index in [1.165, 1.54) is 0 Å². The highest BCUT2D eigenvalue weighted by Gasteiger charge is 2.20. The lowest BCUT2D eigenvalue weighted by molar-refractivity contribution is -0.138. The Morgan fingerprint density at radius 2 is 1.52 bits per heavy atom. The maximum atomic E-state index is 10.9. The zero-order valence-corrected chi connectivity index (χ0v) is 13.4. The molecule has 0 radical (unpaired) electrons. The molecule has 1 unspecified atom stereocenters. The molecule has 126 valence electrons. The molecule has 1 atom stereocenters. The maximum absolute atomic E-state index is 10.9. The zero-order chi connectivity index (χ0) is 18.0. The molecule has 0 aliphatic heterocycles. The van der Waals surface area contributed by atoms with Gasteiger partial charge < -0.3 is 20.2 Å². The summed E-state index contributed by atoms with van der Waals surface area (Å²) >= 11 is 5.76. The molecule has 1 aromatic rings. The number of halogens is 1. The highest BCUT2D eigenvalue weighted by Crippen LogP contribution is 2.19. The zero-order valence-electron chi connectivity index (χ0n) is 12.6. The second kappa shape index (κ2) is 10.2. The topological polar surface area (TPSA) is 115 Å². The van der Waals surface area contributed by atoms with Crippen LogP contribution in [0, 0.1) is 0 Å². The van der Waals surface area contributed by atoms with Crippen LogP contribution in [0.5, 0.6) is 0 Å². The van der Waals surface area contributed by atoms with Crippen LogP contribution in [-0.2, 0) is 14.4 Å². The summed E-state index contributed by atoms with van der Waals surface area (Å²) in [5.74, 6) is -3.32. The Bertz CT molecular complexity index is 554. The molecule has 3 N–H and O–H groups in total. The molecule has 0 aliphatic rings. The second-order valence-electron chi connectivity index (χ2n) is 4.36. The van der Waals surface area contributed by atoms with E-state index in [0.29, 0.717) is 23.6 Å². The van der Waals surface area contributed by atoms with Crippen molar-refractivity contribution in [1.29, 1.82) is 0 Å². The lowest BCUT2D eigenvalue weighted by Crippen LogP contribution is -2.37. The first kappa shape index (κ1) is 20.5. The van der Waals surface area contributed by atoms with Crippen LogP contribution in [0.1, 0.15) is 13.3 Å². The highest BCUT2D eigenvalue weighted by atomic mass is 35.5. The van der Waals surface area contributed by atoms with Crippen LogP contribution in [0.25, 0.3) is 0 Å². The summed E-state index contributed by atoms with van der Waals surface area (Å²) in [5.41, 5.74) is 0.855. The third-order valence-corrected chi connectivity index (χ3v) is 2.99. The van der Waals surface area contributed by atoms with Gasteiger partial charge in [0.2, 0.25) is 0 Å². The first-order valence-electron chi connectivity index (χ1n) is 6.54. The van der Waals surface area contributed by atoms with Gasteiger partial charge in [-0.1, -0.05) is 18.5 Å². The molecular weight excluding hydrogens is 326 g/mol. The Hall–Kier alpha value is -2.54. The van der Waals surface area contributed by atoms with Crippen molar-refractivity contribution >= 4 is 35.2 Å². The molecule has 0 spiro atoms. The van der Waals surface area contributed by atoms with Gasteiger partial charge in [-0.15, -0.1) is 0 Å². The quantitative estimate of drug-likeness (QED) is 0.679. The van der Waals surface area contributed by atoms with E-state index < -0.39 is 23.9 Å². The van der Waals surface area contributed by atoms with E-state index in [1.54, 1.807) is 24.1 Å². The minimum atomic E-state index is -1.26. The average molecular weight is 344 g/mol. The number of hydrogen-bond donors (Lipinski definition) is 3. The Morgan fingerprint density at radius 1 is 1.09 bits per heavy atom. The Balaban J connectivity index is 0.000000515. The first-order valence-corrected chi connectivity index (χ1v) is 6.92. The van der Waals surface area contributed by atoms with Crippen molar-refractivity contribution in [3.8, 4) is 0 Å². The van der Waals surface area contributed by atoms with Gasteiger partial charge in [0.15, 0.2) is 0 Å². The molecular formula is C15H18ClNO6. The maximum Gasteiger partial charge on any atom is 0.328 e. The van der Waals surface area contributed by atoms with E-state index in [2.05, 4.69) is 0 Å². The third kappa shape index (κ3) is 8.47. The SMILES string of the molecule is CCC(C(=O)O)N(C)c1ccc(Cl)cc1.O=C(O)C=CC(=O)O. The molecule has 0 saturated heterocycles. The predicted octanol–water partition coefficient (Wildman–Crippen LogP) is 2.35. The predicted molar refractivity (Wildman–Crippen MR) is 86.0 cm³/mol. The van der Waals surface area contributed by atoms with E-state index in [4.69, 9.17) is 26.9 Å². The van der Waals surface area contributed by atoms with Crippen molar-refractivity contribution in [2.75, 3.05) is 11.9 Å². The average Bonchev–Trinajstić information content (AvgIpc) is 2.46. The van der Waals surface area contributed by atoms with Crippen LogP contribution >= 0.6 is 11.6 Å². The van der Waals surface area contributed by atoms with E-state index >= 15 is 0 Å². The number of carbonyl (C=O) groups is 3. The smallest absolute Gasteiger partial charge is 0.328 e. The fourth-order valence-electron chi connectivity index (χ4n) is 1.61. The lowest BCUT2D eigenvalue weighted by atomic mass is 10.2. The highest BCUT2D eigenvalue weighted by molar-refractivity contribution is 6.30. The van der Waals surface area contributed by atoms with Gasteiger partial charge >= 0.3 is 17.9 Å². The Kier molecular flexibility index (Phi) is 9.10. The van der Waals surface area contributed by atoms with E-state index in [0.717, 1.165) is 5.69 Å².